The number of rotatable bonds is 8. The minimum absolute atomic E-state index is 0.441. The van der Waals surface area contributed by atoms with Crippen LogP contribution in [0.15, 0.2) is 24.3 Å². The van der Waals surface area contributed by atoms with Crippen molar-refractivity contribution in [2.45, 2.75) is 38.3 Å². The lowest BCUT2D eigenvalue weighted by Gasteiger charge is -2.16. The second-order valence-corrected chi connectivity index (χ2v) is 5.95. The highest BCUT2D eigenvalue weighted by Gasteiger charge is 2.23. The maximum Gasteiger partial charge on any atom is 0.119 e. The molecular weight excluding hydrogens is 242 g/mol. The molecule has 1 fully saturated rings. The minimum Gasteiger partial charge on any atom is -0.490 e. The number of thioether (sulfide) groups is 1. The Bertz CT molecular complexity index is 348. The van der Waals surface area contributed by atoms with Crippen LogP contribution in [0.5, 0.6) is 5.75 Å². The molecular formula is C15H23NOS. The lowest BCUT2D eigenvalue weighted by atomic mass is 10.1. The van der Waals surface area contributed by atoms with Crippen LogP contribution in [0.4, 0.5) is 0 Å². The van der Waals surface area contributed by atoms with Crippen LogP contribution >= 0.6 is 11.8 Å². The quantitative estimate of drug-likeness (QED) is 0.725. The number of ether oxygens (including phenoxy) is 1. The van der Waals surface area contributed by atoms with Gasteiger partial charge in [-0.15, -0.1) is 0 Å². The normalized spacial score (nSPS) is 16.6. The Labute approximate surface area is 114 Å². The monoisotopic (exact) mass is 265 g/mol. The molecule has 1 N–H and O–H groups in total. The molecule has 0 aromatic heterocycles. The molecule has 0 heterocycles. The Balaban J connectivity index is 1.88. The van der Waals surface area contributed by atoms with Crippen molar-refractivity contribution in [1.29, 1.82) is 0 Å². The summed E-state index contributed by atoms with van der Waals surface area (Å²) in [6.07, 6.45) is 4.16. The van der Waals surface area contributed by atoms with Crippen molar-refractivity contribution in [1.82, 2.24) is 5.32 Å². The minimum atomic E-state index is 0.441. The lowest BCUT2D eigenvalue weighted by molar-refractivity contribution is 0.303. The molecule has 1 atom stereocenters. The van der Waals surface area contributed by atoms with Gasteiger partial charge in [-0.05, 0) is 49.8 Å². The molecule has 0 amide bonds. The zero-order valence-electron chi connectivity index (χ0n) is 11.3. The van der Waals surface area contributed by atoms with Gasteiger partial charge >= 0.3 is 0 Å². The average Bonchev–Trinajstić information content (AvgIpc) is 3.20. The van der Waals surface area contributed by atoms with Crippen molar-refractivity contribution >= 4 is 11.8 Å². The van der Waals surface area contributed by atoms with Gasteiger partial charge in [-0.25, -0.2) is 0 Å². The number of benzene rings is 1. The van der Waals surface area contributed by atoms with Gasteiger partial charge in [-0.2, -0.15) is 11.8 Å². The maximum atomic E-state index is 5.77. The molecule has 18 heavy (non-hydrogen) atoms. The zero-order valence-corrected chi connectivity index (χ0v) is 12.1. The third-order valence-corrected chi connectivity index (χ3v) is 4.36. The zero-order chi connectivity index (χ0) is 12.8. The van der Waals surface area contributed by atoms with Crippen molar-refractivity contribution < 1.29 is 4.74 Å². The van der Waals surface area contributed by atoms with E-state index < -0.39 is 0 Å². The van der Waals surface area contributed by atoms with Gasteiger partial charge in [0, 0.05) is 11.8 Å². The summed E-state index contributed by atoms with van der Waals surface area (Å²) in [6, 6.07) is 9.01. The summed E-state index contributed by atoms with van der Waals surface area (Å²) in [5, 5.41) is 3.39. The van der Waals surface area contributed by atoms with Crippen molar-refractivity contribution in [2.24, 2.45) is 0 Å². The average molecular weight is 265 g/mol. The Morgan fingerprint density at radius 1 is 1.33 bits per heavy atom. The molecule has 1 aliphatic carbocycles. The van der Waals surface area contributed by atoms with Gasteiger partial charge in [0.15, 0.2) is 0 Å². The molecule has 3 heteroatoms. The maximum absolute atomic E-state index is 5.77. The molecule has 1 aromatic carbocycles. The highest BCUT2D eigenvalue weighted by atomic mass is 32.2. The smallest absolute Gasteiger partial charge is 0.119 e. The Morgan fingerprint density at radius 3 is 2.61 bits per heavy atom. The molecule has 0 bridgehead atoms. The SMILES string of the molecule is CCCSCC(NC)c1ccc(OC2CC2)cc1. The topological polar surface area (TPSA) is 21.3 Å². The molecule has 0 radical (unpaired) electrons. The van der Waals surface area contributed by atoms with E-state index in [4.69, 9.17) is 4.74 Å². The molecule has 1 unspecified atom stereocenters. The molecule has 1 aromatic rings. The van der Waals surface area contributed by atoms with Crippen LogP contribution in [0.25, 0.3) is 0 Å². The van der Waals surface area contributed by atoms with E-state index in [2.05, 4.69) is 36.5 Å². The van der Waals surface area contributed by atoms with Crippen molar-refractivity contribution in [2.75, 3.05) is 18.6 Å². The van der Waals surface area contributed by atoms with E-state index in [0.29, 0.717) is 12.1 Å². The summed E-state index contributed by atoms with van der Waals surface area (Å²) >= 11 is 2.01. The molecule has 0 saturated heterocycles. The number of hydrogen-bond donors (Lipinski definition) is 1. The van der Waals surface area contributed by atoms with Gasteiger partial charge in [0.05, 0.1) is 6.10 Å². The first-order chi connectivity index (χ1) is 8.83. The Hall–Kier alpha value is -0.670. The van der Waals surface area contributed by atoms with E-state index in [1.807, 2.05) is 18.8 Å². The summed E-state index contributed by atoms with van der Waals surface area (Å²) in [4.78, 5) is 0. The van der Waals surface area contributed by atoms with Gasteiger partial charge in [-0.1, -0.05) is 19.1 Å². The first-order valence-electron chi connectivity index (χ1n) is 6.85. The summed E-state index contributed by atoms with van der Waals surface area (Å²) < 4.78 is 5.77. The van der Waals surface area contributed by atoms with Crippen LogP contribution in [0.2, 0.25) is 0 Å². The fraction of sp³-hybridized carbons (Fsp3) is 0.600. The number of hydrogen-bond acceptors (Lipinski definition) is 3. The van der Waals surface area contributed by atoms with Gasteiger partial charge in [0.25, 0.3) is 0 Å². The third-order valence-electron chi connectivity index (χ3n) is 3.09. The lowest BCUT2D eigenvalue weighted by Crippen LogP contribution is -2.18. The van der Waals surface area contributed by atoms with E-state index in [1.165, 1.54) is 30.6 Å². The molecule has 1 aliphatic rings. The fourth-order valence-electron chi connectivity index (χ4n) is 1.85. The second kappa shape index (κ2) is 7.05. The molecule has 2 nitrogen and oxygen atoms in total. The van der Waals surface area contributed by atoms with Gasteiger partial charge in [0.2, 0.25) is 0 Å². The van der Waals surface area contributed by atoms with Crippen LogP contribution in [0.1, 0.15) is 37.8 Å². The fourth-order valence-corrected chi connectivity index (χ4v) is 2.90. The first-order valence-corrected chi connectivity index (χ1v) is 8.00. The van der Waals surface area contributed by atoms with E-state index in [0.717, 1.165) is 11.5 Å². The van der Waals surface area contributed by atoms with E-state index in [-0.39, 0.29) is 0 Å². The number of nitrogens with one attached hydrogen (secondary N) is 1. The summed E-state index contributed by atoms with van der Waals surface area (Å²) in [6.45, 7) is 2.23. The summed E-state index contributed by atoms with van der Waals surface area (Å²) in [5.41, 5.74) is 1.35. The molecule has 2 rings (SSSR count). The van der Waals surface area contributed by atoms with Crippen LogP contribution in [0, 0.1) is 0 Å². The van der Waals surface area contributed by atoms with Crippen molar-refractivity contribution in [3.05, 3.63) is 29.8 Å². The summed E-state index contributed by atoms with van der Waals surface area (Å²) in [5.74, 6) is 3.38. The van der Waals surface area contributed by atoms with E-state index in [1.54, 1.807) is 0 Å². The van der Waals surface area contributed by atoms with Gasteiger partial charge in [0.1, 0.15) is 5.75 Å². The highest BCUT2D eigenvalue weighted by molar-refractivity contribution is 7.99. The van der Waals surface area contributed by atoms with Crippen LogP contribution in [-0.4, -0.2) is 24.7 Å². The molecule has 0 spiro atoms. The largest absolute Gasteiger partial charge is 0.490 e. The van der Waals surface area contributed by atoms with Crippen molar-refractivity contribution in [3.63, 3.8) is 0 Å². The van der Waals surface area contributed by atoms with Crippen LogP contribution in [-0.2, 0) is 0 Å². The van der Waals surface area contributed by atoms with Crippen molar-refractivity contribution in [3.8, 4) is 5.75 Å². The summed E-state index contributed by atoms with van der Waals surface area (Å²) in [7, 11) is 2.03. The van der Waals surface area contributed by atoms with E-state index in [9.17, 15) is 0 Å². The molecule has 1 saturated carbocycles. The Kier molecular flexibility index (Phi) is 5.39. The van der Waals surface area contributed by atoms with Gasteiger partial charge < -0.3 is 10.1 Å². The predicted octanol–water partition coefficient (Wildman–Crippen LogP) is 3.63. The molecule has 0 aliphatic heterocycles. The van der Waals surface area contributed by atoms with Crippen LogP contribution < -0.4 is 10.1 Å². The first kappa shape index (κ1) is 13.8. The highest BCUT2D eigenvalue weighted by Crippen LogP contribution is 2.28. The molecule has 100 valence electrons. The van der Waals surface area contributed by atoms with E-state index >= 15 is 0 Å². The second-order valence-electron chi connectivity index (χ2n) is 4.80. The Morgan fingerprint density at radius 2 is 2.06 bits per heavy atom. The predicted molar refractivity (Wildman–Crippen MR) is 79.5 cm³/mol. The third kappa shape index (κ3) is 4.21. The standard InChI is InChI=1S/C15H23NOS/c1-3-10-18-11-15(16-2)12-4-6-13(7-5-12)17-14-8-9-14/h4-7,14-16H,3,8-11H2,1-2H3. The van der Waals surface area contributed by atoms with Crippen LogP contribution in [0.3, 0.4) is 0 Å². The van der Waals surface area contributed by atoms with Gasteiger partial charge in [-0.3, -0.25) is 0 Å².